The Morgan fingerprint density at radius 2 is 2.10 bits per heavy atom. The van der Waals surface area contributed by atoms with Crippen LogP contribution >= 0.6 is 0 Å². The maximum Gasteiger partial charge on any atom is 0.220 e. The van der Waals surface area contributed by atoms with Gasteiger partial charge in [0.15, 0.2) is 0 Å². The van der Waals surface area contributed by atoms with Gasteiger partial charge < -0.3 is 10.1 Å². The summed E-state index contributed by atoms with van der Waals surface area (Å²) in [6.45, 7) is 0.707. The number of hydrogen-bond acceptors (Lipinski definition) is 2. The highest BCUT2D eigenvalue weighted by atomic mass is 16.5. The van der Waals surface area contributed by atoms with Crippen molar-refractivity contribution in [1.29, 1.82) is 0 Å². The summed E-state index contributed by atoms with van der Waals surface area (Å²) in [5.41, 5.74) is 1.20. The Balaban J connectivity index is 1.67. The molecule has 2 rings (SSSR count). The monoisotopic (exact) mass is 275 g/mol. The molecule has 0 atom stereocenters. The quantitative estimate of drug-likeness (QED) is 0.865. The van der Waals surface area contributed by atoms with Crippen molar-refractivity contribution in [3.05, 3.63) is 29.8 Å². The molecule has 3 nitrogen and oxygen atoms in total. The molecule has 0 aromatic heterocycles. The van der Waals surface area contributed by atoms with E-state index in [1.165, 1.54) is 37.7 Å². The van der Waals surface area contributed by atoms with Crippen LogP contribution in [0.25, 0.3) is 0 Å². The van der Waals surface area contributed by atoms with Gasteiger partial charge in [0, 0.05) is 13.0 Å². The predicted molar refractivity (Wildman–Crippen MR) is 80.9 cm³/mol. The lowest BCUT2D eigenvalue weighted by Crippen LogP contribution is -2.28. The third kappa shape index (κ3) is 4.87. The number of methoxy groups -OCH3 is 1. The molecule has 1 aliphatic rings. The predicted octanol–water partition coefficient (Wildman–Crippen LogP) is 3.32. The van der Waals surface area contributed by atoms with E-state index in [2.05, 4.69) is 11.4 Å². The Bertz CT molecular complexity index is 425. The van der Waals surface area contributed by atoms with Gasteiger partial charge in [0.1, 0.15) is 5.75 Å². The van der Waals surface area contributed by atoms with Crippen LogP contribution in [-0.4, -0.2) is 19.6 Å². The molecule has 0 bridgehead atoms. The number of benzene rings is 1. The molecule has 0 unspecified atom stereocenters. The number of hydrogen-bond donors (Lipinski definition) is 1. The van der Waals surface area contributed by atoms with Gasteiger partial charge in [0.2, 0.25) is 5.91 Å². The molecule has 1 amide bonds. The van der Waals surface area contributed by atoms with E-state index in [4.69, 9.17) is 4.74 Å². The second-order valence-electron chi connectivity index (χ2n) is 5.66. The number of nitrogens with one attached hydrogen (secondary N) is 1. The average Bonchev–Trinajstić information content (AvgIpc) is 2.48. The lowest BCUT2D eigenvalue weighted by Gasteiger charge is -2.20. The summed E-state index contributed by atoms with van der Waals surface area (Å²) in [5.74, 6) is 1.69. The van der Waals surface area contributed by atoms with Crippen molar-refractivity contribution < 1.29 is 9.53 Å². The first kappa shape index (κ1) is 14.9. The molecule has 3 heteroatoms. The molecule has 0 radical (unpaired) electrons. The fourth-order valence-electron chi connectivity index (χ4n) is 2.90. The van der Waals surface area contributed by atoms with Crippen molar-refractivity contribution in [1.82, 2.24) is 5.32 Å². The minimum Gasteiger partial charge on any atom is -0.497 e. The lowest BCUT2D eigenvalue weighted by molar-refractivity contribution is -0.122. The van der Waals surface area contributed by atoms with Gasteiger partial charge >= 0.3 is 0 Å². The summed E-state index contributed by atoms with van der Waals surface area (Å²) in [6, 6.07) is 8.01. The molecular weight excluding hydrogens is 250 g/mol. The fraction of sp³-hybridized carbons (Fsp3) is 0.588. The van der Waals surface area contributed by atoms with Crippen molar-refractivity contribution in [2.24, 2.45) is 5.92 Å². The van der Waals surface area contributed by atoms with Gasteiger partial charge in [0.25, 0.3) is 0 Å². The number of carbonyl (C=O) groups excluding carboxylic acids is 1. The fourth-order valence-corrected chi connectivity index (χ4v) is 2.90. The van der Waals surface area contributed by atoms with E-state index >= 15 is 0 Å². The molecule has 0 heterocycles. The van der Waals surface area contributed by atoms with E-state index in [0.29, 0.717) is 18.9 Å². The number of ether oxygens (including phenoxy) is 1. The summed E-state index contributed by atoms with van der Waals surface area (Å²) in [4.78, 5) is 11.9. The zero-order valence-electron chi connectivity index (χ0n) is 12.4. The van der Waals surface area contributed by atoms with Gasteiger partial charge in [-0.1, -0.05) is 31.4 Å². The molecule has 1 fully saturated rings. The minimum atomic E-state index is 0.208. The van der Waals surface area contributed by atoms with E-state index in [1.54, 1.807) is 7.11 Å². The topological polar surface area (TPSA) is 38.3 Å². The minimum absolute atomic E-state index is 0.208. The molecule has 0 spiro atoms. The molecule has 20 heavy (non-hydrogen) atoms. The highest BCUT2D eigenvalue weighted by Gasteiger charge is 2.16. The van der Waals surface area contributed by atoms with Gasteiger partial charge in [-0.15, -0.1) is 0 Å². The maximum atomic E-state index is 11.9. The summed E-state index contributed by atoms with van der Waals surface area (Å²) in [5, 5.41) is 3.04. The third-order valence-corrected chi connectivity index (χ3v) is 4.07. The van der Waals surface area contributed by atoms with Gasteiger partial charge in [-0.2, -0.15) is 0 Å². The van der Waals surface area contributed by atoms with Crippen molar-refractivity contribution >= 4 is 5.91 Å². The van der Waals surface area contributed by atoms with Crippen LogP contribution in [0.5, 0.6) is 5.75 Å². The van der Waals surface area contributed by atoms with Crippen LogP contribution in [0.3, 0.4) is 0 Å². The Morgan fingerprint density at radius 1 is 1.30 bits per heavy atom. The second-order valence-corrected chi connectivity index (χ2v) is 5.66. The van der Waals surface area contributed by atoms with Gasteiger partial charge in [-0.3, -0.25) is 4.79 Å². The Kier molecular flexibility index (Phi) is 5.90. The van der Waals surface area contributed by atoms with Crippen molar-refractivity contribution in [2.75, 3.05) is 13.7 Å². The van der Waals surface area contributed by atoms with Gasteiger partial charge in [-0.05, 0) is 42.9 Å². The molecule has 1 N–H and O–H groups in total. The molecule has 1 saturated carbocycles. The van der Waals surface area contributed by atoms with Crippen LogP contribution in [-0.2, 0) is 11.2 Å². The normalized spacial score (nSPS) is 15.8. The van der Waals surface area contributed by atoms with Gasteiger partial charge in [-0.25, -0.2) is 0 Å². The SMILES string of the molecule is COc1cccc(CCNC(=O)CC2CCCCC2)c1. The largest absolute Gasteiger partial charge is 0.497 e. The zero-order valence-corrected chi connectivity index (χ0v) is 12.4. The number of rotatable bonds is 6. The highest BCUT2D eigenvalue weighted by Crippen LogP contribution is 2.26. The first-order valence-electron chi connectivity index (χ1n) is 7.67. The maximum absolute atomic E-state index is 11.9. The highest BCUT2D eigenvalue weighted by molar-refractivity contribution is 5.76. The van der Waals surface area contributed by atoms with E-state index in [-0.39, 0.29) is 5.91 Å². The zero-order chi connectivity index (χ0) is 14.2. The van der Waals surface area contributed by atoms with Crippen molar-refractivity contribution in [3.63, 3.8) is 0 Å². The summed E-state index contributed by atoms with van der Waals surface area (Å²) in [7, 11) is 1.67. The van der Waals surface area contributed by atoms with Crippen LogP contribution in [0.4, 0.5) is 0 Å². The van der Waals surface area contributed by atoms with Gasteiger partial charge in [0.05, 0.1) is 7.11 Å². The molecule has 1 aliphatic carbocycles. The smallest absolute Gasteiger partial charge is 0.220 e. The number of amides is 1. The summed E-state index contributed by atoms with van der Waals surface area (Å²) in [6.07, 6.45) is 7.94. The van der Waals surface area contributed by atoms with E-state index < -0.39 is 0 Å². The molecule has 110 valence electrons. The molecule has 1 aromatic carbocycles. The van der Waals surface area contributed by atoms with Crippen molar-refractivity contribution in [3.8, 4) is 5.75 Å². The Hall–Kier alpha value is -1.51. The van der Waals surface area contributed by atoms with Crippen LogP contribution in [0.1, 0.15) is 44.1 Å². The van der Waals surface area contributed by atoms with Crippen molar-refractivity contribution in [2.45, 2.75) is 44.9 Å². The first-order valence-corrected chi connectivity index (χ1v) is 7.67. The van der Waals surface area contributed by atoms with Crippen LogP contribution < -0.4 is 10.1 Å². The van der Waals surface area contributed by atoms with Crippen LogP contribution in [0, 0.1) is 5.92 Å². The van der Waals surface area contributed by atoms with E-state index in [9.17, 15) is 4.79 Å². The average molecular weight is 275 g/mol. The molecular formula is C17H25NO2. The van der Waals surface area contributed by atoms with E-state index in [0.717, 1.165) is 12.2 Å². The molecule has 1 aromatic rings. The summed E-state index contributed by atoms with van der Waals surface area (Å²) < 4.78 is 5.20. The second kappa shape index (κ2) is 7.93. The van der Waals surface area contributed by atoms with Crippen LogP contribution in [0.2, 0.25) is 0 Å². The standard InChI is InChI=1S/C17H25NO2/c1-20-16-9-5-8-15(12-16)10-11-18-17(19)13-14-6-3-2-4-7-14/h5,8-9,12,14H,2-4,6-7,10-11,13H2,1H3,(H,18,19). The lowest BCUT2D eigenvalue weighted by atomic mass is 9.87. The van der Waals surface area contributed by atoms with Crippen LogP contribution in [0.15, 0.2) is 24.3 Å². The Labute approximate surface area is 121 Å². The number of carbonyl (C=O) groups is 1. The molecule has 0 saturated heterocycles. The first-order chi connectivity index (χ1) is 9.78. The molecule has 0 aliphatic heterocycles. The Morgan fingerprint density at radius 3 is 2.85 bits per heavy atom. The third-order valence-electron chi connectivity index (χ3n) is 4.07. The van der Waals surface area contributed by atoms with E-state index in [1.807, 2.05) is 18.2 Å². The summed E-state index contributed by atoms with van der Waals surface area (Å²) >= 11 is 0.